The Morgan fingerprint density at radius 1 is 1.27 bits per heavy atom. The maximum Gasteiger partial charge on any atom is 0.224 e. The Labute approximate surface area is 159 Å². The van der Waals surface area contributed by atoms with E-state index in [1.165, 1.54) is 0 Å². The molecule has 0 bridgehead atoms. The average molecular weight is 373 g/mol. The lowest BCUT2D eigenvalue weighted by Gasteiger charge is -2.32. The Bertz CT molecular complexity index is 700. The molecule has 1 aromatic heterocycles. The van der Waals surface area contributed by atoms with Gasteiger partial charge in [0.15, 0.2) is 0 Å². The monoisotopic (exact) mass is 372 g/mol. The van der Waals surface area contributed by atoms with Crippen LogP contribution in [0.25, 0.3) is 0 Å². The van der Waals surface area contributed by atoms with Crippen molar-refractivity contribution in [1.82, 2.24) is 20.2 Å². The fraction of sp³-hybridized carbons (Fsp3) is 0.450. The molecule has 1 amide bonds. The lowest BCUT2D eigenvalue weighted by atomic mass is 9.94. The van der Waals surface area contributed by atoms with Crippen LogP contribution in [0.1, 0.15) is 43.5 Å². The van der Waals surface area contributed by atoms with Crippen molar-refractivity contribution < 1.29 is 4.79 Å². The van der Waals surface area contributed by atoms with Crippen LogP contribution in [0, 0.1) is 5.92 Å². The number of nitrogens with one attached hydrogen (secondary N) is 1. The van der Waals surface area contributed by atoms with E-state index >= 15 is 0 Å². The number of aromatic nitrogens is 2. The molecule has 0 spiro atoms. The zero-order valence-electron chi connectivity index (χ0n) is 15.1. The summed E-state index contributed by atoms with van der Waals surface area (Å²) in [5.41, 5.74) is 1.68. The number of likely N-dealkylation sites (tertiary alicyclic amines) is 1. The molecular formula is C20H25ClN4O. The second kappa shape index (κ2) is 9.10. The lowest BCUT2D eigenvalue weighted by Crippen LogP contribution is -2.42. The first-order valence-corrected chi connectivity index (χ1v) is 9.59. The van der Waals surface area contributed by atoms with E-state index in [4.69, 9.17) is 11.6 Å². The van der Waals surface area contributed by atoms with Gasteiger partial charge in [-0.05, 0) is 56.6 Å². The van der Waals surface area contributed by atoms with E-state index in [0.29, 0.717) is 5.02 Å². The molecule has 2 heterocycles. The highest BCUT2D eigenvalue weighted by Crippen LogP contribution is 2.24. The summed E-state index contributed by atoms with van der Waals surface area (Å²) in [5.74, 6) is 0.140. The number of rotatable bonds is 6. The maximum absolute atomic E-state index is 12.9. The molecule has 1 unspecified atom stereocenters. The van der Waals surface area contributed by atoms with Crippen LogP contribution in [0.15, 0.2) is 42.9 Å². The summed E-state index contributed by atoms with van der Waals surface area (Å²) in [6.07, 6.45) is 7.94. The van der Waals surface area contributed by atoms with E-state index in [2.05, 4.69) is 27.1 Å². The normalized spacial score (nSPS) is 17.0. The first-order chi connectivity index (χ1) is 12.7. The molecule has 138 valence electrons. The van der Waals surface area contributed by atoms with Crippen molar-refractivity contribution in [2.24, 2.45) is 5.92 Å². The molecule has 6 heteroatoms. The van der Waals surface area contributed by atoms with E-state index in [-0.39, 0.29) is 17.9 Å². The second-order valence-electron chi connectivity index (χ2n) is 6.74. The summed E-state index contributed by atoms with van der Waals surface area (Å²) >= 11 is 6.01. The highest BCUT2D eigenvalue weighted by molar-refractivity contribution is 6.30. The molecule has 0 saturated carbocycles. The predicted molar refractivity (Wildman–Crippen MR) is 103 cm³/mol. The van der Waals surface area contributed by atoms with Crippen molar-refractivity contribution in [3.05, 3.63) is 59.1 Å². The SMILES string of the molecule is CCCN1CCC(C(=O)NC(c2ccc(Cl)cc2)c2cnccn2)CC1. The summed E-state index contributed by atoms with van der Waals surface area (Å²) in [5, 5.41) is 3.85. The number of piperidine rings is 1. The Balaban J connectivity index is 1.72. The van der Waals surface area contributed by atoms with Crippen LogP contribution in [0.2, 0.25) is 5.02 Å². The molecule has 3 rings (SSSR count). The first kappa shape index (κ1) is 18.8. The molecule has 0 aliphatic carbocycles. The molecule has 5 nitrogen and oxygen atoms in total. The van der Waals surface area contributed by atoms with E-state index in [1.54, 1.807) is 18.6 Å². The third-order valence-electron chi connectivity index (χ3n) is 4.87. The Kier molecular flexibility index (Phi) is 6.58. The second-order valence-corrected chi connectivity index (χ2v) is 7.18. The van der Waals surface area contributed by atoms with Crippen LogP contribution in [-0.4, -0.2) is 40.4 Å². The predicted octanol–water partition coefficient (Wildman–Crippen LogP) is 3.46. The summed E-state index contributed by atoms with van der Waals surface area (Å²) in [6, 6.07) is 7.19. The minimum absolute atomic E-state index is 0.0505. The summed E-state index contributed by atoms with van der Waals surface area (Å²) in [6.45, 7) is 5.28. The van der Waals surface area contributed by atoms with Gasteiger partial charge < -0.3 is 10.2 Å². The van der Waals surface area contributed by atoms with Crippen LogP contribution in [0.3, 0.4) is 0 Å². The van der Waals surface area contributed by atoms with Gasteiger partial charge in [0.1, 0.15) is 0 Å². The maximum atomic E-state index is 12.9. The van der Waals surface area contributed by atoms with E-state index in [9.17, 15) is 4.79 Å². The summed E-state index contributed by atoms with van der Waals surface area (Å²) in [4.78, 5) is 23.9. The van der Waals surface area contributed by atoms with E-state index in [1.807, 2.05) is 24.3 Å². The van der Waals surface area contributed by atoms with Crippen LogP contribution in [0.5, 0.6) is 0 Å². The van der Waals surface area contributed by atoms with Gasteiger partial charge in [0.2, 0.25) is 5.91 Å². The number of nitrogens with zero attached hydrogens (tertiary/aromatic N) is 3. The van der Waals surface area contributed by atoms with Gasteiger partial charge in [-0.2, -0.15) is 0 Å². The number of hydrogen-bond donors (Lipinski definition) is 1. The number of hydrogen-bond acceptors (Lipinski definition) is 4. The standard InChI is InChI=1S/C20H25ClN4O/c1-2-11-25-12-7-16(8-13-25)20(26)24-19(18-14-22-9-10-23-18)15-3-5-17(21)6-4-15/h3-6,9-10,14,16,19H,2,7-8,11-13H2,1H3,(H,24,26). The number of halogens is 1. The number of carbonyl (C=O) groups excluding carboxylic acids is 1. The minimum Gasteiger partial charge on any atom is -0.343 e. The molecule has 26 heavy (non-hydrogen) atoms. The molecule has 1 aliphatic heterocycles. The number of benzene rings is 1. The minimum atomic E-state index is -0.317. The van der Waals surface area contributed by atoms with Crippen molar-refractivity contribution >= 4 is 17.5 Å². The third-order valence-corrected chi connectivity index (χ3v) is 5.12. The fourth-order valence-corrected chi connectivity index (χ4v) is 3.56. The molecule has 1 atom stereocenters. The van der Waals surface area contributed by atoms with Gasteiger partial charge in [-0.25, -0.2) is 0 Å². The summed E-state index contributed by atoms with van der Waals surface area (Å²) < 4.78 is 0. The van der Waals surface area contributed by atoms with Crippen LogP contribution in [0.4, 0.5) is 0 Å². The van der Waals surface area contributed by atoms with Crippen LogP contribution < -0.4 is 5.32 Å². The number of carbonyl (C=O) groups is 1. The molecule has 1 fully saturated rings. The van der Waals surface area contributed by atoms with Crippen molar-refractivity contribution in [2.75, 3.05) is 19.6 Å². The zero-order valence-corrected chi connectivity index (χ0v) is 15.8. The van der Waals surface area contributed by atoms with Gasteiger partial charge in [-0.1, -0.05) is 30.7 Å². The fourth-order valence-electron chi connectivity index (χ4n) is 3.44. The van der Waals surface area contributed by atoms with Gasteiger partial charge in [-0.3, -0.25) is 14.8 Å². The highest BCUT2D eigenvalue weighted by Gasteiger charge is 2.27. The molecule has 1 saturated heterocycles. The lowest BCUT2D eigenvalue weighted by molar-refractivity contribution is -0.127. The van der Waals surface area contributed by atoms with Gasteiger partial charge in [0.25, 0.3) is 0 Å². The largest absolute Gasteiger partial charge is 0.343 e. The van der Waals surface area contributed by atoms with E-state index in [0.717, 1.165) is 50.2 Å². The first-order valence-electron chi connectivity index (χ1n) is 9.21. The third kappa shape index (κ3) is 4.80. The Morgan fingerprint density at radius 2 is 2.00 bits per heavy atom. The smallest absolute Gasteiger partial charge is 0.224 e. The zero-order chi connectivity index (χ0) is 18.4. The van der Waals surface area contributed by atoms with Gasteiger partial charge in [-0.15, -0.1) is 0 Å². The van der Waals surface area contributed by atoms with Crippen LogP contribution >= 0.6 is 11.6 Å². The van der Waals surface area contributed by atoms with Gasteiger partial charge in [0.05, 0.1) is 17.9 Å². The van der Waals surface area contributed by atoms with Gasteiger partial charge >= 0.3 is 0 Å². The topological polar surface area (TPSA) is 58.1 Å². The van der Waals surface area contributed by atoms with E-state index < -0.39 is 0 Å². The van der Waals surface area contributed by atoms with Crippen molar-refractivity contribution in [3.63, 3.8) is 0 Å². The van der Waals surface area contributed by atoms with Crippen LogP contribution in [-0.2, 0) is 4.79 Å². The van der Waals surface area contributed by atoms with Crippen molar-refractivity contribution in [3.8, 4) is 0 Å². The van der Waals surface area contributed by atoms with Gasteiger partial charge in [0, 0.05) is 23.3 Å². The Hall–Kier alpha value is -1.98. The highest BCUT2D eigenvalue weighted by atomic mass is 35.5. The molecule has 2 aromatic rings. The molecular weight excluding hydrogens is 348 g/mol. The average Bonchev–Trinajstić information content (AvgIpc) is 2.68. The molecule has 1 aromatic carbocycles. The van der Waals surface area contributed by atoms with Crippen molar-refractivity contribution in [1.29, 1.82) is 0 Å². The summed E-state index contributed by atoms with van der Waals surface area (Å²) in [7, 11) is 0. The Morgan fingerprint density at radius 3 is 2.62 bits per heavy atom. The molecule has 0 radical (unpaired) electrons. The number of amides is 1. The molecule has 1 aliphatic rings. The molecule has 1 N–H and O–H groups in total. The quantitative estimate of drug-likeness (QED) is 0.843. The van der Waals surface area contributed by atoms with Crippen molar-refractivity contribution in [2.45, 2.75) is 32.2 Å².